The molecule has 2 aliphatic rings. The number of likely N-dealkylation sites (tertiary alicyclic amines) is 1. The molecule has 3 aromatic rings. The lowest BCUT2D eigenvalue weighted by molar-refractivity contribution is -0.110. The molecule has 0 aliphatic carbocycles. The lowest BCUT2D eigenvalue weighted by Gasteiger charge is -2.28. The van der Waals surface area contributed by atoms with Crippen LogP contribution in [0.5, 0.6) is 0 Å². The van der Waals surface area contributed by atoms with Gasteiger partial charge in [-0.25, -0.2) is 9.78 Å². The van der Waals surface area contributed by atoms with Crippen LogP contribution in [0.3, 0.4) is 0 Å². The first-order chi connectivity index (χ1) is 18.1. The summed E-state index contributed by atoms with van der Waals surface area (Å²) in [5, 5.41) is 7.41. The molecule has 2 fully saturated rings. The molecule has 38 heavy (non-hydrogen) atoms. The van der Waals surface area contributed by atoms with E-state index < -0.39 is 6.18 Å². The Kier molecular flexibility index (Phi) is 8.55. The molecular weight excluding hydrogens is 497 g/mol. The first-order valence-electron chi connectivity index (χ1n) is 12.7. The van der Waals surface area contributed by atoms with Crippen LogP contribution < -0.4 is 10.2 Å². The number of nitrogens with zero attached hydrogens (tertiary/aromatic N) is 5. The summed E-state index contributed by atoms with van der Waals surface area (Å²) in [5.74, 6) is 0.929. The summed E-state index contributed by atoms with van der Waals surface area (Å²) in [6, 6.07) is 12.3. The summed E-state index contributed by atoms with van der Waals surface area (Å²) in [4.78, 5) is 21.7. The van der Waals surface area contributed by atoms with E-state index in [0.717, 1.165) is 78.6 Å². The number of nitrogens with one attached hydrogen (secondary N) is 1. The molecule has 2 aliphatic heterocycles. The maximum Gasteiger partial charge on any atom is 0.386 e. The molecule has 1 aromatic carbocycles. The molecule has 11 heteroatoms. The highest BCUT2D eigenvalue weighted by atomic mass is 19.4. The fraction of sp³-hybridized carbons (Fsp3) is 0.444. The van der Waals surface area contributed by atoms with Crippen molar-refractivity contribution in [3.8, 4) is 22.5 Å². The quantitative estimate of drug-likeness (QED) is 0.483. The number of carbonyl (C=O) groups excluding carboxylic acids is 1. The maximum absolute atomic E-state index is 12.6. The van der Waals surface area contributed by atoms with E-state index in [1.54, 1.807) is 6.20 Å². The Balaban J connectivity index is 0.000000617. The monoisotopic (exact) mass is 530 g/mol. The van der Waals surface area contributed by atoms with Crippen molar-refractivity contribution in [1.82, 2.24) is 19.7 Å². The van der Waals surface area contributed by atoms with E-state index in [1.807, 2.05) is 28.8 Å². The Hall–Kier alpha value is -3.60. The fourth-order valence-corrected chi connectivity index (χ4v) is 4.52. The number of rotatable bonds is 4. The highest BCUT2D eigenvalue weighted by Crippen LogP contribution is 2.33. The number of hydrogen-bond acceptors (Lipinski definition) is 5. The van der Waals surface area contributed by atoms with Gasteiger partial charge in [0.1, 0.15) is 5.82 Å². The Bertz CT molecular complexity index is 1240. The molecule has 4 heterocycles. The van der Waals surface area contributed by atoms with Crippen LogP contribution in [-0.2, 0) is 11.8 Å². The lowest BCUT2D eigenvalue weighted by atomic mass is 9.99. The highest BCUT2D eigenvalue weighted by Gasteiger charge is 2.20. The number of ether oxygens (including phenoxy) is 1. The van der Waals surface area contributed by atoms with E-state index >= 15 is 0 Å². The van der Waals surface area contributed by atoms with Gasteiger partial charge in [0.15, 0.2) is 0 Å². The zero-order valence-corrected chi connectivity index (χ0v) is 21.9. The van der Waals surface area contributed by atoms with Crippen LogP contribution in [0.2, 0.25) is 0 Å². The summed E-state index contributed by atoms with van der Waals surface area (Å²) in [5.41, 5.74) is 5.93. The van der Waals surface area contributed by atoms with E-state index in [0.29, 0.717) is 13.2 Å². The molecule has 2 saturated heterocycles. The molecular formula is C27H33F3N6O2. The van der Waals surface area contributed by atoms with Crippen molar-refractivity contribution in [3.63, 3.8) is 0 Å². The van der Waals surface area contributed by atoms with Crippen LogP contribution in [0.1, 0.15) is 25.3 Å². The maximum atomic E-state index is 12.6. The number of aromatic nitrogens is 3. The minimum absolute atomic E-state index is 0.0263. The third kappa shape index (κ3) is 7.25. The Morgan fingerprint density at radius 3 is 2.34 bits per heavy atom. The number of anilines is 2. The van der Waals surface area contributed by atoms with Gasteiger partial charge in [0.2, 0.25) is 0 Å². The van der Waals surface area contributed by atoms with Crippen LogP contribution in [-0.4, -0.2) is 71.3 Å². The third-order valence-electron chi connectivity index (χ3n) is 6.42. The zero-order chi connectivity index (χ0) is 27.3. The van der Waals surface area contributed by atoms with Crippen molar-refractivity contribution < 1.29 is 22.7 Å². The standard InChI is InChI=1S/C25H30N6O2.C2H3F3/c1-18-5-6-20(27-25(32)31-9-3-4-10-31)17-21(18)19-15-22(23-7-8-26-29(23)2)28-24(16-19)30-11-13-33-14-12-30;1-2(3,4)5/h5-8,15-17H,3-4,9-14H2,1-2H3,(H,27,32);1H3. The highest BCUT2D eigenvalue weighted by molar-refractivity contribution is 5.91. The van der Waals surface area contributed by atoms with Crippen molar-refractivity contribution in [2.24, 2.45) is 7.05 Å². The van der Waals surface area contributed by atoms with Gasteiger partial charge >= 0.3 is 12.2 Å². The molecule has 8 nitrogen and oxygen atoms in total. The fourth-order valence-electron chi connectivity index (χ4n) is 4.52. The Morgan fingerprint density at radius 1 is 1.03 bits per heavy atom. The SMILES string of the molecule is CC(F)(F)F.Cc1ccc(NC(=O)N2CCCC2)cc1-c1cc(-c2ccnn2C)nc(N2CCOCC2)c1. The molecule has 204 valence electrons. The van der Waals surface area contributed by atoms with Gasteiger partial charge in [-0.15, -0.1) is 0 Å². The van der Waals surface area contributed by atoms with Crippen LogP contribution in [0.4, 0.5) is 29.5 Å². The van der Waals surface area contributed by atoms with Gasteiger partial charge in [-0.3, -0.25) is 4.68 Å². The van der Waals surface area contributed by atoms with Gasteiger partial charge in [0.25, 0.3) is 0 Å². The summed E-state index contributed by atoms with van der Waals surface area (Å²) >= 11 is 0. The molecule has 0 spiro atoms. The van der Waals surface area contributed by atoms with Crippen LogP contribution in [0, 0.1) is 6.92 Å². The van der Waals surface area contributed by atoms with Gasteiger partial charge in [-0.05, 0) is 66.8 Å². The number of carbonyl (C=O) groups is 1. The number of pyridine rings is 1. The third-order valence-corrected chi connectivity index (χ3v) is 6.42. The van der Waals surface area contributed by atoms with Gasteiger partial charge in [0.05, 0.1) is 24.6 Å². The van der Waals surface area contributed by atoms with E-state index in [4.69, 9.17) is 9.72 Å². The van der Waals surface area contributed by atoms with Crippen molar-refractivity contribution in [1.29, 1.82) is 0 Å². The van der Waals surface area contributed by atoms with Gasteiger partial charge < -0.3 is 19.9 Å². The topological polar surface area (TPSA) is 75.5 Å². The van der Waals surface area contributed by atoms with Crippen LogP contribution >= 0.6 is 0 Å². The molecule has 0 bridgehead atoms. The molecule has 1 N–H and O–H groups in total. The summed E-state index contributed by atoms with van der Waals surface area (Å²) in [7, 11) is 1.93. The summed E-state index contributed by atoms with van der Waals surface area (Å²) in [6.45, 7) is 6.96. The molecule has 2 aromatic heterocycles. The second-order valence-electron chi connectivity index (χ2n) is 9.47. The van der Waals surface area contributed by atoms with Crippen LogP contribution in [0.15, 0.2) is 42.6 Å². The molecule has 5 rings (SSSR count). The average molecular weight is 531 g/mol. The zero-order valence-electron chi connectivity index (χ0n) is 21.9. The predicted molar refractivity (Wildman–Crippen MR) is 141 cm³/mol. The number of aryl methyl sites for hydroxylation is 2. The van der Waals surface area contributed by atoms with Gasteiger partial charge in [-0.1, -0.05) is 6.07 Å². The minimum atomic E-state index is -4.00. The summed E-state index contributed by atoms with van der Waals surface area (Å²) < 4.78 is 38.4. The average Bonchev–Trinajstić information content (AvgIpc) is 3.57. The molecule has 0 atom stereocenters. The number of benzene rings is 1. The molecule has 0 unspecified atom stereocenters. The first kappa shape index (κ1) is 27.4. The Morgan fingerprint density at radius 2 is 1.71 bits per heavy atom. The van der Waals surface area contributed by atoms with E-state index in [1.165, 1.54) is 0 Å². The van der Waals surface area contributed by atoms with Crippen LogP contribution in [0.25, 0.3) is 22.5 Å². The molecule has 0 saturated carbocycles. The normalized spacial score (nSPS) is 15.7. The number of urea groups is 1. The van der Waals surface area contributed by atoms with E-state index in [9.17, 15) is 18.0 Å². The summed E-state index contributed by atoms with van der Waals surface area (Å²) in [6.07, 6.45) is -0.0623. The number of amides is 2. The predicted octanol–water partition coefficient (Wildman–Crippen LogP) is 5.49. The molecule has 0 radical (unpaired) electrons. The van der Waals surface area contributed by atoms with E-state index in [2.05, 4.69) is 46.5 Å². The second-order valence-corrected chi connectivity index (χ2v) is 9.47. The van der Waals surface area contributed by atoms with Gasteiger partial charge in [0, 0.05) is 52.0 Å². The molecule has 2 amide bonds. The largest absolute Gasteiger partial charge is 0.386 e. The number of alkyl halides is 3. The van der Waals surface area contributed by atoms with Crippen molar-refractivity contribution in [3.05, 3.63) is 48.2 Å². The number of halogens is 3. The number of morpholine rings is 1. The second kappa shape index (κ2) is 11.8. The number of hydrogen-bond donors (Lipinski definition) is 1. The smallest absolute Gasteiger partial charge is 0.378 e. The van der Waals surface area contributed by atoms with Gasteiger partial charge in [-0.2, -0.15) is 18.3 Å². The van der Waals surface area contributed by atoms with Crippen molar-refractivity contribution in [2.75, 3.05) is 49.6 Å². The first-order valence-corrected chi connectivity index (χ1v) is 12.7. The minimum Gasteiger partial charge on any atom is -0.378 e. The van der Waals surface area contributed by atoms with E-state index in [-0.39, 0.29) is 13.0 Å². The van der Waals surface area contributed by atoms with Crippen molar-refractivity contribution in [2.45, 2.75) is 32.9 Å². The lowest BCUT2D eigenvalue weighted by Crippen LogP contribution is -2.36. The Labute approximate surface area is 220 Å². The van der Waals surface area contributed by atoms with Crippen molar-refractivity contribution >= 4 is 17.5 Å².